The van der Waals surface area contributed by atoms with Crippen molar-refractivity contribution >= 4 is 23.2 Å². The van der Waals surface area contributed by atoms with Gasteiger partial charge in [0.15, 0.2) is 0 Å². The fraction of sp³-hybridized carbons (Fsp3) is 0.381. The number of aromatic nitrogens is 4. The molecule has 0 aliphatic heterocycles. The van der Waals surface area contributed by atoms with Crippen molar-refractivity contribution in [3.63, 3.8) is 0 Å². The number of hydrogen-bond donors (Lipinski definition) is 1. The zero-order valence-electron chi connectivity index (χ0n) is 17.2. The Hall–Kier alpha value is -2.60. The standard InChI is InChI=1S/C21H26ClN5O/c1-12-9-7-8-10-18(12)11-26-16(5)20(14(3)24-26)23-21(28)17(6)27-15(4)19(22)13(2)25-27/h7-10,17H,11H2,1-6H3,(H,23,28). The molecule has 6 nitrogen and oxygen atoms in total. The molecule has 0 fully saturated rings. The largest absolute Gasteiger partial charge is 0.321 e. The van der Waals surface area contributed by atoms with Crippen molar-refractivity contribution in [2.75, 3.05) is 5.32 Å². The Morgan fingerprint density at radius 2 is 1.75 bits per heavy atom. The van der Waals surface area contributed by atoms with Crippen molar-refractivity contribution in [1.82, 2.24) is 19.6 Å². The van der Waals surface area contributed by atoms with E-state index < -0.39 is 6.04 Å². The summed E-state index contributed by atoms with van der Waals surface area (Å²) >= 11 is 6.22. The number of aryl methyl sites for hydroxylation is 3. The van der Waals surface area contributed by atoms with Gasteiger partial charge in [-0.1, -0.05) is 35.9 Å². The molecular formula is C21H26ClN5O. The first kappa shape index (κ1) is 20.1. The van der Waals surface area contributed by atoms with Gasteiger partial charge in [-0.2, -0.15) is 10.2 Å². The molecule has 2 heterocycles. The van der Waals surface area contributed by atoms with E-state index in [-0.39, 0.29) is 5.91 Å². The van der Waals surface area contributed by atoms with Crippen LogP contribution in [-0.4, -0.2) is 25.5 Å². The number of rotatable bonds is 5. The zero-order valence-corrected chi connectivity index (χ0v) is 17.9. The second-order valence-corrected chi connectivity index (χ2v) is 7.60. The smallest absolute Gasteiger partial charge is 0.249 e. The van der Waals surface area contributed by atoms with Crippen LogP contribution in [0.4, 0.5) is 5.69 Å². The van der Waals surface area contributed by atoms with Gasteiger partial charge in [0.05, 0.1) is 40.0 Å². The van der Waals surface area contributed by atoms with Crippen molar-refractivity contribution in [1.29, 1.82) is 0 Å². The summed E-state index contributed by atoms with van der Waals surface area (Å²) in [6.07, 6.45) is 0. The molecule has 0 spiro atoms. The highest BCUT2D eigenvalue weighted by Crippen LogP contribution is 2.25. The molecule has 1 amide bonds. The number of carbonyl (C=O) groups excluding carboxylic acids is 1. The van der Waals surface area contributed by atoms with Gasteiger partial charge in [0.25, 0.3) is 0 Å². The second-order valence-electron chi connectivity index (χ2n) is 7.22. The van der Waals surface area contributed by atoms with Gasteiger partial charge in [0.1, 0.15) is 6.04 Å². The van der Waals surface area contributed by atoms with E-state index in [1.807, 2.05) is 51.4 Å². The number of amides is 1. The maximum absolute atomic E-state index is 12.9. The topological polar surface area (TPSA) is 64.7 Å². The van der Waals surface area contributed by atoms with E-state index in [1.165, 1.54) is 11.1 Å². The SMILES string of the molecule is Cc1ccccc1Cn1nc(C)c(NC(=O)C(C)n2nc(C)c(Cl)c2C)c1C. The monoisotopic (exact) mass is 399 g/mol. The van der Waals surface area contributed by atoms with E-state index in [9.17, 15) is 4.79 Å². The van der Waals surface area contributed by atoms with Crippen LogP contribution in [0.2, 0.25) is 5.02 Å². The van der Waals surface area contributed by atoms with Crippen molar-refractivity contribution in [3.05, 3.63) is 63.2 Å². The Labute approximate surface area is 170 Å². The first-order chi connectivity index (χ1) is 13.2. The lowest BCUT2D eigenvalue weighted by atomic mass is 10.1. The Bertz CT molecular complexity index is 1030. The quantitative estimate of drug-likeness (QED) is 0.685. The van der Waals surface area contributed by atoms with Crippen LogP contribution in [0.25, 0.3) is 0 Å². The van der Waals surface area contributed by atoms with Crippen molar-refractivity contribution < 1.29 is 4.79 Å². The minimum absolute atomic E-state index is 0.149. The number of benzene rings is 1. The van der Waals surface area contributed by atoms with Crippen LogP contribution >= 0.6 is 11.6 Å². The van der Waals surface area contributed by atoms with Gasteiger partial charge in [-0.05, 0) is 52.7 Å². The third-order valence-electron chi connectivity index (χ3n) is 5.19. The average Bonchev–Trinajstić information content (AvgIpc) is 3.07. The predicted molar refractivity (Wildman–Crippen MR) is 112 cm³/mol. The molecule has 1 aromatic carbocycles. The van der Waals surface area contributed by atoms with Crippen molar-refractivity contribution in [2.24, 2.45) is 0 Å². The fourth-order valence-corrected chi connectivity index (χ4v) is 3.46. The molecule has 0 bridgehead atoms. The zero-order chi connectivity index (χ0) is 20.6. The number of carbonyl (C=O) groups is 1. The number of nitrogens with one attached hydrogen (secondary N) is 1. The normalized spacial score (nSPS) is 12.2. The number of nitrogens with zero attached hydrogens (tertiary/aromatic N) is 4. The Balaban J connectivity index is 1.82. The van der Waals surface area contributed by atoms with E-state index in [2.05, 4.69) is 34.6 Å². The lowest BCUT2D eigenvalue weighted by Crippen LogP contribution is -2.25. The van der Waals surface area contributed by atoms with Gasteiger partial charge in [-0.15, -0.1) is 0 Å². The van der Waals surface area contributed by atoms with Crippen LogP contribution in [0.1, 0.15) is 46.9 Å². The molecule has 0 aliphatic carbocycles. The van der Waals surface area contributed by atoms with Crippen LogP contribution in [0.3, 0.4) is 0 Å². The van der Waals surface area contributed by atoms with Crippen LogP contribution in [0.5, 0.6) is 0 Å². The van der Waals surface area contributed by atoms with Gasteiger partial charge in [-0.25, -0.2) is 0 Å². The predicted octanol–water partition coefficient (Wildman–Crippen LogP) is 4.52. The van der Waals surface area contributed by atoms with Gasteiger partial charge >= 0.3 is 0 Å². The van der Waals surface area contributed by atoms with E-state index >= 15 is 0 Å². The van der Waals surface area contributed by atoms with Gasteiger partial charge < -0.3 is 5.32 Å². The van der Waals surface area contributed by atoms with Gasteiger partial charge in [0.2, 0.25) is 5.91 Å². The van der Waals surface area contributed by atoms with Crippen LogP contribution in [0.15, 0.2) is 24.3 Å². The first-order valence-electron chi connectivity index (χ1n) is 9.31. The van der Waals surface area contributed by atoms with Crippen molar-refractivity contribution in [2.45, 2.75) is 54.1 Å². The first-order valence-corrected chi connectivity index (χ1v) is 9.69. The van der Waals surface area contributed by atoms with E-state index in [0.717, 1.165) is 28.5 Å². The Morgan fingerprint density at radius 3 is 2.36 bits per heavy atom. The second kappa shape index (κ2) is 7.80. The van der Waals surface area contributed by atoms with E-state index in [4.69, 9.17) is 11.6 Å². The fourth-order valence-electron chi connectivity index (χ4n) is 3.34. The summed E-state index contributed by atoms with van der Waals surface area (Å²) < 4.78 is 3.59. The van der Waals surface area contributed by atoms with E-state index in [0.29, 0.717) is 11.6 Å². The lowest BCUT2D eigenvalue weighted by Gasteiger charge is -2.15. The maximum Gasteiger partial charge on any atom is 0.249 e. The Morgan fingerprint density at radius 1 is 1.07 bits per heavy atom. The van der Waals surface area contributed by atoms with Gasteiger partial charge in [0, 0.05) is 0 Å². The molecule has 0 radical (unpaired) electrons. The van der Waals surface area contributed by atoms with Crippen LogP contribution in [-0.2, 0) is 11.3 Å². The highest BCUT2D eigenvalue weighted by atomic mass is 35.5. The molecule has 0 aliphatic rings. The van der Waals surface area contributed by atoms with Crippen LogP contribution < -0.4 is 5.32 Å². The van der Waals surface area contributed by atoms with Crippen molar-refractivity contribution in [3.8, 4) is 0 Å². The molecule has 1 N–H and O–H groups in total. The molecule has 2 aromatic heterocycles. The summed E-state index contributed by atoms with van der Waals surface area (Å²) in [7, 11) is 0. The third-order valence-corrected chi connectivity index (χ3v) is 5.74. The molecule has 148 valence electrons. The lowest BCUT2D eigenvalue weighted by molar-refractivity contribution is -0.119. The molecule has 0 saturated carbocycles. The molecule has 0 saturated heterocycles. The van der Waals surface area contributed by atoms with Gasteiger partial charge in [-0.3, -0.25) is 14.2 Å². The third kappa shape index (κ3) is 3.69. The van der Waals surface area contributed by atoms with Crippen LogP contribution in [0, 0.1) is 34.6 Å². The molecule has 28 heavy (non-hydrogen) atoms. The highest BCUT2D eigenvalue weighted by Gasteiger charge is 2.23. The minimum Gasteiger partial charge on any atom is -0.321 e. The molecule has 3 aromatic rings. The highest BCUT2D eigenvalue weighted by molar-refractivity contribution is 6.31. The molecule has 7 heteroatoms. The molecule has 1 atom stereocenters. The number of hydrogen-bond acceptors (Lipinski definition) is 3. The molecule has 1 unspecified atom stereocenters. The summed E-state index contributed by atoms with van der Waals surface area (Å²) in [6.45, 7) is 12.1. The maximum atomic E-state index is 12.9. The average molecular weight is 400 g/mol. The van der Waals surface area contributed by atoms with E-state index in [1.54, 1.807) is 4.68 Å². The summed E-state index contributed by atoms with van der Waals surface area (Å²) in [5.74, 6) is -0.149. The summed E-state index contributed by atoms with van der Waals surface area (Å²) in [6, 6.07) is 7.75. The summed E-state index contributed by atoms with van der Waals surface area (Å²) in [5, 5.41) is 12.6. The summed E-state index contributed by atoms with van der Waals surface area (Å²) in [4.78, 5) is 12.9. The molecular weight excluding hydrogens is 374 g/mol. The molecule has 3 rings (SSSR count). The Kier molecular flexibility index (Phi) is 5.61. The summed E-state index contributed by atoms with van der Waals surface area (Å²) in [5.41, 5.74) is 6.39. The number of halogens is 1. The number of anilines is 1. The minimum atomic E-state index is -0.482.